The Morgan fingerprint density at radius 1 is 1.03 bits per heavy atom. The molecule has 200 valence electrons. The molecule has 0 bridgehead atoms. The number of rotatable bonds is 8. The van der Waals surface area contributed by atoms with Crippen LogP contribution in [-0.2, 0) is 45.2 Å². The van der Waals surface area contributed by atoms with Crippen molar-refractivity contribution in [2.24, 2.45) is 7.05 Å². The van der Waals surface area contributed by atoms with Gasteiger partial charge in [-0.2, -0.15) is 0 Å². The molecule has 1 N–H and O–H groups in total. The summed E-state index contributed by atoms with van der Waals surface area (Å²) in [5.74, 6) is -1.88. The molecule has 5 atom stereocenters. The highest BCUT2D eigenvalue weighted by Gasteiger charge is 2.51. The molecule has 1 aliphatic heterocycles. The van der Waals surface area contributed by atoms with Gasteiger partial charge in [0.15, 0.2) is 23.2 Å². The topological polar surface area (TPSA) is 148 Å². The van der Waals surface area contributed by atoms with E-state index in [1.807, 2.05) is 6.07 Å². The van der Waals surface area contributed by atoms with Gasteiger partial charge in [-0.3, -0.25) is 19.2 Å². The number of esters is 3. The molecule has 2 aromatic rings. The highest BCUT2D eigenvalue weighted by molar-refractivity contribution is 7.99. The van der Waals surface area contributed by atoms with Crippen LogP contribution in [0, 0.1) is 0 Å². The van der Waals surface area contributed by atoms with E-state index in [0.29, 0.717) is 21.6 Å². The Kier molecular flexibility index (Phi) is 9.51. The molecule has 12 nitrogen and oxygen atoms in total. The molecule has 1 amide bonds. The standard InChI is InChI=1S/C23H27ClN4O8S/c1-11(29)25-18-20(35-14(4)32)19(34-13(3)31)17(10-33-12(2)30)36-22(18)37-23-27-26-21(28(23)5)15-8-6-7-9-16(15)24/h6-9,17-20,22H,10H2,1-5H3,(H,25,29)/t17-,18-,19-,20-,22+/m1/s1. The third-order valence-corrected chi connectivity index (χ3v) is 6.77. The number of nitrogens with one attached hydrogen (secondary N) is 1. The zero-order chi connectivity index (χ0) is 27.3. The smallest absolute Gasteiger partial charge is 0.303 e. The summed E-state index contributed by atoms with van der Waals surface area (Å²) in [5.41, 5.74) is -0.253. The van der Waals surface area contributed by atoms with Gasteiger partial charge < -0.3 is 28.8 Å². The number of ether oxygens (including phenoxy) is 4. The maximum Gasteiger partial charge on any atom is 0.303 e. The van der Waals surface area contributed by atoms with Crippen LogP contribution in [0.3, 0.4) is 0 Å². The fourth-order valence-electron chi connectivity index (χ4n) is 3.79. The second-order valence-corrected chi connectivity index (χ2v) is 9.66. The minimum atomic E-state index is -1.17. The third-order valence-electron chi connectivity index (χ3n) is 5.24. The van der Waals surface area contributed by atoms with Crippen molar-refractivity contribution in [3.63, 3.8) is 0 Å². The number of amides is 1. The molecule has 0 radical (unpaired) electrons. The highest BCUT2D eigenvalue weighted by Crippen LogP contribution is 2.37. The molecule has 1 fully saturated rings. The molecule has 3 rings (SSSR count). The summed E-state index contributed by atoms with van der Waals surface area (Å²) in [4.78, 5) is 47.5. The molecule has 1 saturated heterocycles. The second kappa shape index (κ2) is 12.4. The molecule has 0 spiro atoms. The van der Waals surface area contributed by atoms with Crippen LogP contribution in [0.15, 0.2) is 29.4 Å². The van der Waals surface area contributed by atoms with Gasteiger partial charge in [-0.15, -0.1) is 10.2 Å². The van der Waals surface area contributed by atoms with Crippen molar-refractivity contribution in [1.82, 2.24) is 20.1 Å². The van der Waals surface area contributed by atoms with Crippen LogP contribution in [-0.4, -0.2) is 75.0 Å². The van der Waals surface area contributed by atoms with Crippen molar-refractivity contribution in [3.05, 3.63) is 29.3 Å². The van der Waals surface area contributed by atoms with Gasteiger partial charge in [0.25, 0.3) is 0 Å². The number of hydrogen-bond acceptors (Lipinski definition) is 11. The summed E-state index contributed by atoms with van der Waals surface area (Å²) in [6.45, 7) is 4.58. The first-order valence-electron chi connectivity index (χ1n) is 11.2. The Labute approximate surface area is 222 Å². The van der Waals surface area contributed by atoms with Gasteiger partial charge in [0.2, 0.25) is 5.91 Å². The number of carbonyl (C=O) groups is 4. The van der Waals surface area contributed by atoms with E-state index >= 15 is 0 Å². The minimum Gasteiger partial charge on any atom is -0.463 e. The van der Waals surface area contributed by atoms with E-state index in [0.717, 1.165) is 11.8 Å². The van der Waals surface area contributed by atoms with E-state index in [9.17, 15) is 19.2 Å². The number of hydrogen-bond donors (Lipinski definition) is 1. The minimum absolute atomic E-state index is 0.293. The fourth-order valence-corrected chi connectivity index (χ4v) is 5.12. The Balaban J connectivity index is 2.00. The summed E-state index contributed by atoms with van der Waals surface area (Å²) in [6, 6.07) is 6.17. The molecule has 1 aromatic carbocycles. The largest absolute Gasteiger partial charge is 0.463 e. The quantitative estimate of drug-likeness (QED) is 0.376. The number of carbonyl (C=O) groups excluding carboxylic acids is 4. The predicted octanol–water partition coefficient (Wildman–Crippen LogP) is 1.88. The van der Waals surface area contributed by atoms with Crippen molar-refractivity contribution in [2.75, 3.05) is 6.61 Å². The molecule has 2 heterocycles. The maximum atomic E-state index is 12.1. The predicted molar refractivity (Wildman–Crippen MR) is 131 cm³/mol. The first kappa shape index (κ1) is 28.4. The van der Waals surface area contributed by atoms with Gasteiger partial charge in [0.05, 0.1) is 5.02 Å². The van der Waals surface area contributed by atoms with Crippen LogP contribution in [0.25, 0.3) is 11.4 Å². The molecule has 37 heavy (non-hydrogen) atoms. The van der Waals surface area contributed by atoms with E-state index in [1.54, 1.807) is 29.8 Å². The lowest BCUT2D eigenvalue weighted by Gasteiger charge is -2.44. The number of nitrogens with zero attached hydrogens (tertiary/aromatic N) is 3. The van der Waals surface area contributed by atoms with Gasteiger partial charge in [0, 0.05) is 40.3 Å². The van der Waals surface area contributed by atoms with E-state index in [-0.39, 0.29) is 6.61 Å². The molecule has 0 unspecified atom stereocenters. The average molecular weight is 555 g/mol. The van der Waals surface area contributed by atoms with E-state index in [4.69, 9.17) is 30.5 Å². The maximum absolute atomic E-state index is 12.1. The Bertz CT molecular complexity index is 1180. The van der Waals surface area contributed by atoms with Crippen LogP contribution in [0.2, 0.25) is 5.02 Å². The van der Waals surface area contributed by atoms with Crippen LogP contribution < -0.4 is 5.32 Å². The summed E-state index contributed by atoms with van der Waals surface area (Å²) >= 11 is 7.41. The van der Waals surface area contributed by atoms with Crippen molar-refractivity contribution in [2.45, 2.75) is 62.6 Å². The van der Waals surface area contributed by atoms with Gasteiger partial charge in [-0.05, 0) is 12.1 Å². The first-order valence-corrected chi connectivity index (χ1v) is 12.4. The molecule has 1 aliphatic rings. The van der Waals surface area contributed by atoms with Crippen molar-refractivity contribution in [3.8, 4) is 11.4 Å². The van der Waals surface area contributed by atoms with Gasteiger partial charge >= 0.3 is 17.9 Å². The lowest BCUT2D eigenvalue weighted by molar-refractivity contribution is -0.211. The van der Waals surface area contributed by atoms with Crippen LogP contribution in [0.5, 0.6) is 0 Å². The Hall–Kier alpha value is -3.16. The van der Waals surface area contributed by atoms with Gasteiger partial charge in [0.1, 0.15) is 24.2 Å². The summed E-state index contributed by atoms with van der Waals surface area (Å²) < 4.78 is 23.9. The van der Waals surface area contributed by atoms with E-state index in [2.05, 4.69) is 15.5 Å². The summed E-state index contributed by atoms with van der Waals surface area (Å²) in [7, 11) is 1.73. The van der Waals surface area contributed by atoms with Crippen molar-refractivity contribution >= 4 is 47.2 Å². The molecular formula is C23H27ClN4O8S. The van der Waals surface area contributed by atoms with E-state index in [1.165, 1.54) is 27.7 Å². The lowest BCUT2D eigenvalue weighted by atomic mass is 9.97. The van der Waals surface area contributed by atoms with E-state index < -0.39 is 53.6 Å². The van der Waals surface area contributed by atoms with Crippen molar-refractivity contribution in [1.29, 1.82) is 0 Å². The first-order chi connectivity index (χ1) is 17.5. The van der Waals surface area contributed by atoms with Crippen LogP contribution >= 0.6 is 23.4 Å². The average Bonchev–Trinajstić information content (AvgIpc) is 3.15. The van der Waals surface area contributed by atoms with Gasteiger partial charge in [-0.25, -0.2) is 0 Å². The zero-order valence-electron chi connectivity index (χ0n) is 20.8. The number of benzene rings is 1. The second-order valence-electron chi connectivity index (χ2n) is 8.18. The molecular weight excluding hydrogens is 528 g/mol. The summed E-state index contributed by atoms with van der Waals surface area (Å²) in [6.07, 6.45) is -3.35. The van der Waals surface area contributed by atoms with Crippen LogP contribution in [0.1, 0.15) is 27.7 Å². The normalized spacial score (nSPS) is 23.1. The zero-order valence-corrected chi connectivity index (χ0v) is 22.4. The van der Waals surface area contributed by atoms with Gasteiger partial charge in [-0.1, -0.05) is 35.5 Å². The highest BCUT2D eigenvalue weighted by atomic mass is 35.5. The van der Waals surface area contributed by atoms with Crippen molar-refractivity contribution < 1.29 is 38.1 Å². The third kappa shape index (κ3) is 7.21. The fraction of sp³-hybridized carbons (Fsp3) is 0.478. The molecule has 0 saturated carbocycles. The molecule has 14 heteroatoms. The Morgan fingerprint density at radius 2 is 1.68 bits per heavy atom. The number of halogens is 1. The summed E-state index contributed by atoms with van der Waals surface area (Å²) in [5, 5.41) is 12.1. The van der Waals surface area contributed by atoms with Crippen LogP contribution in [0.4, 0.5) is 0 Å². The SMILES string of the molecule is CC(=O)N[C@@H]1[C@@H](OC(C)=O)[C@H](OC(C)=O)[C@@H](COC(C)=O)O[C@H]1Sc1nnc(-c2ccccc2Cl)n1C. The number of aromatic nitrogens is 3. The monoisotopic (exact) mass is 554 g/mol. The number of thioether (sulfide) groups is 1. The Morgan fingerprint density at radius 3 is 2.27 bits per heavy atom. The molecule has 1 aromatic heterocycles. The molecule has 0 aliphatic carbocycles. The lowest BCUT2D eigenvalue weighted by Crippen LogP contribution is -2.65.